The third-order valence-corrected chi connectivity index (χ3v) is 2.77. The predicted octanol–water partition coefficient (Wildman–Crippen LogP) is 3.82. The van der Waals surface area contributed by atoms with E-state index in [2.05, 4.69) is 18.0 Å². The Morgan fingerprint density at radius 3 is 2.60 bits per heavy atom. The van der Waals surface area contributed by atoms with Crippen molar-refractivity contribution in [3.63, 3.8) is 0 Å². The maximum atomic E-state index is 9.20. The largest absolute Gasteiger partial charge is 0.457 e. The van der Waals surface area contributed by atoms with E-state index in [-0.39, 0.29) is 6.04 Å². The molecule has 20 heavy (non-hydrogen) atoms. The quantitative estimate of drug-likeness (QED) is 0.807. The Hall–Kier alpha value is -2.57. The van der Waals surface area contributed by atoms with Gasteiger partial charge >= 0.3 is 0 Å². The molecule has 3 heteroatoms. The van der Waals surface area contributed by atoms with Crippen molar-refractivity contribution in [2.75, 3.05) is 6.54 Å². The molecule has 1 atom stereocenters. The fraction of sp³-hybridized carbons (Fsp3) is 0.118. The maximum absolute atomic E-state index is 9.20. The summed E-state index contributed by atoms with van der Waals surface area (Å²) in [7, 11) is 0. The minimum Gasteiger partial charge on any atom is -0.457 e. The summed E-state index contributed by atoms with van der Waals surface area (Å²) in [5.74, 6) is 1.49. The van der Waals surface area contributed by atoms with Crippen molar-refractivity contribution in [3.8, 4) is 17.6 Å². The number of nitrogens with zero attached hydrogens (tertiary/aromatic N) is 1. The van der Waals surface area contributed by atoms with E-state index >= 15 is 0 Å². The standard InChI is InChI=1S/C17H16N2O/c1-2-11-19-17(13-18)14-7-6-10-16(12-14)20-15-8-4-3-5-9-15/h2-10,12,17,19H,1,11H2. The summed E-state index contributed by atoms with van der Waals surface area (Å²) in [6.45, 7) is 4.22. The van der Waals surface area contributed by atoms with Crippen LogP contribution in [0.2, 0.25) is 0 Å². The van der Waals surface area contributed by atoms with Crippen LogP contribution in [0.25, 0.3) is 0 Å². The number of hydrogen-bond donors (Lipinski definition) is 1. The highest BCUT2D eigenvalue weighted by Gasteiger charge is 2.09. The summed E-state index contributed by atoms with van der Waals surface area (Å²) in [6.07, 6.45) is 1.73. The van der Waals surface area contributed by atoms with Gasteiger partial charge in [0.1, 0.15) is 17.5 Å². The Bertz CT molecular complexity index is 602. The van der Waals surface area contributed by atoms with Crippen molar-refractivity contribution < 1.29 is 4.74 Å². The second-order valence-corrected chi connectivity index (χ2v) is 4.25. The first-order valence-electron chi connectivity index (χ1n) is 6.40. The van der Waals surface area contributed by atoms with Crippen LogP contribution in [0.1, 0.15) is 11.6 Å². The molecule has 2 rings (SSSR count). The van der Waals surface area contributed by atoms with E-state index in [9.17, 15) is 5.26 Å². The summed E-state index contributed by atoms with van der Waals surface area (Å²) < 4.78 is 5.76. The van der Waals surface area contributed by atoms with Crippen molar-refractivity contribution in [1.82, 2.24) is 5.32 Å². The lowest BCUT2D eigenvalue weighted by molar-refractivity contribution is 0.481. The van der Waals surface area contributed by atoms with Crippen molar-refractivity contribution in [2.24, 2.45) is 0 Å². The van der Waals surface area contributed by atoms with E-state index in [1.165, 1.54) is 0 Å². The highest BCUT2D eigenvalue weighted by Crippen LogP contribution is 2.24. The average molecular weight is 264 g/mol. The Labute approximate surface area is 119 Å². The third-order valence-electron chi connectivity index (χ3n) is 2.77. The number of nitriles is 1. The average Bonchev–Trinajstić information content (AvgIpc) is 2.49. The van der Waals surface area contributed by atoms with Gasteiger partial charge in [0.05, 0.1) is 6.07 Å². The Balaban J connectivity index is 2.15. The second-order valence-electron chi connectivity index (χ2n) is 4.25. The molecule has 0 saturated carbocycles. The Morgan fingerprint density at radius 1 is 1.15 bits per heavy atom. The van der Waals surface area contributed by atoms with Gasteiger partial charge in [-0.25, -0.2) is 0 Å². The van der Waals surface area contributed by atoms with E-state index in [0.29, 0.717) is 12.3 Å². The van der Waals surface area contributed by atoms with E-state index in [1.54, 1.807) is 6.08 Å². The summed E-state index contributed by atoms with van der Waals surface area (Å²) in [5, 5.41) is 12.3. The van der Waals surface area contributed by atoms with Gasteiger partial charge in [-0.3, -0.25) is 5.32 Å². The molecule has 3 nitrogen and oxygen atoms in total. The smallest absolute Gasteiger partial charge is 0.127 e. The first kappa shape index (κ1) is 13.9. The molecule has 0 amide bonds. The molecule has 0 heterocycles. The van der Waals surface area contributed by atoms with Crippen molar-refractivity contribution in [2.45, 2.75) is 6.04 Å². The van der Waals surface area contributed by atoms with Crippen molar-refractivity contribution >= 4 is 0 Å². The third kappa shape index (κ3) is 3.71. The minimum atomic E-state index is -0.368. The Kier molecular flexibility index (Phi) is 4.94. The summed E-state index contributed by atoms with van der Waals surface area (Å²) in [5.41, 5.74) is 0.878. The van der Waals surface area contributed by atoms with Gasteiger partial charge in [0.2, 0.25) is 0 Å². The molecule has 0 spiro atoms. The van der Waals surface area contributed by atoms with E-state index < -0.39 is 0 Å². The first-order chi connectivity index (χ1) is 9.83. The van der Waals surface area contributed by atoms with Crippen LogP contribution >= 0.6 is 0 Å². The zero-order valence-electron chi connectivity index (χ0n) is 11.1. The Morgan fingerprint density at radius 2 is 1.90 bits per heavy atom. The van der Waals surface area contributed by atoms with Gasteiger partial charge < -0.3 is 4.74 Å². The molecule has 0 saturated heterocycles. The lowest BCUT2D eigenvalue weighted by atomic mass is 10.1. The molecule has 0 bridgehead atoms. The SMILES string of the molecule is C=CCNC(C#N)c1cccc(Oc2ccccc2)c1. The topological polar surface area (TPSA) is 45.0 Å². The van der Waals surface area contributed by atoms with Crippen molar-refractivity contribution in [1.29, 1.82) is 5.26 Å². The van der Waals surface area contributed by atoms with Crippen LogP contribution in [-0.4, -0.2) is 6.54 Å². The maximum Gasteiger partial charge on any atom is 0.127 e. The molecule has 0 aromatic heterocycles. The zero-order chi connectivity index (χ0) is 14.2. The van der Waals surface area contributed by atoms with Crippen LogP contribution in [-0.2, 0) is 0 Å². The lowest BCUT2D eigenvalue weighted by Crippen LogP contribution is -2.19. The molecule has 0 aliphatic heterocycles. The monoisotopic (exact) mass is 264 g/mol. The van der Waals surface area contributed by atoms with Gasteiger partial charge in [0, 0.05) is 6.54 Å². The highest BCUT2D eigenvalue weighted by molar-refractivity contribution is 5.36. The van der Waals surface area contributed by atoms with Gasteiger partial charge in [-0.05, 0) is 29.8 Å². The van der Waals surface area contributed by atoms with E-state index in [1.807, 2.05) is 54.6 Å². The molecule has 2 aromatic rings. The molecule has 100 valence electrons. The van der Waals surface area contributed by atoms with E-state index in [0.717, 1.165) is 11.3 Å². The van der Waals surface area contributed by atoms with Gasteiger partial charge in [-0.15, -0.1) is 6.58 Å². The van der Waals surface area contributed by atoms with Crippen LogP contribution in [0, 0.1) is 11.3 Å². The molecule has 0 aliphatic rings. The molecular formula is C17H16N2O. The summed E-state index contributed by atoms with van der Waals surface area (Å²) in [6, 6.07) is 19.0. The number of para-hydroxylation sites is 1. The summed E-state index contributed by atoms with van der Waals surface area (Å²) in [4.78, 5) is 0. The molecule has 0 fully saturated rings. The number of hydrogen-bond acceptors (Lipinski definition) is 3. The normalized spacial score (nSPS) is 11.3. The first-order valence-corrected chi connectivity index (χ1v) is 6.40. The number of ether oxygens (including phenoxy) is 1. The second kappa shape index (κ2) is 7.13. The van der Waals surface area contributed by atoms with Crippen LogP contribution in [0.4, 0.5) is 0 Å². The molecule has 0 aliphatic carbocycles. The number of rotatable bonds is 6. The lowest BCUT2D eigenvalue weighted by Gasteiger charge is -2.12. The fourth-order valence-corrected chi connectivity index (χ4v) is 1.82. The fourth-order valence-electron chi connectivity index (χ4n) is 1.82. The van der Waals surface area contributed by atoms with E-state index in [4.69, 9.17) is 4.74 Å². The van der Waals surface area contributed by atoms with Gasteiger partial charge in [-0.1, -0.05) is 36.4 Å². The van der Waals surface area contributed by atoms with Crippen LogP contribution in [0.5, 0.6) is 11.5 Å². The van der Waals surface area contributed by atoms with Crippen LogP contribution in [0.15, 0.2) is 67.3 Å². The highest BCUT2D eigenvalue weighted by atomic mass is 16.5. The van der Waals surface area contributed by atoms with Crippen LogP contribution in [0.3, 0.4) is 0 Å². The van der Waals surface area contributed by atoms with Gasteiger partial charge in [-0.2, -0.15) is 5.26 Å². The minimum absolute atomic E-state index is 0.368. The molecular weight excluding hydrogens is 248 g/mol. The molecule has 2 aromatic carbocycles. The number of nitrogens with one attached hydrogen (secondary N) is 1. The van der Waals surface area contributed by atoms with Crippen molar-refractivity contribution in [3.05, 3.63) is 72.8 Å². The zero-order valence-corrected chi connectivity index (χ0v) is 11.1. The van der Waals surface area contributed by atoms with Gasteiger partial charge in [0.15, 0.2) is 0 Å². The molecule has 1 unspecified atom stereocenters. The summed E-state index contributed by atoms with van der Waals surface area (Å²) >= 11 is 0. The molecule has 1 N–H and O–H groups in total. The van der Waals surface area contributed by atoms with Gasteiger partial charge in [0.25, 0.3) is 0 Å². The van der Waals surface area contributed by atoms with Crippen LogP contribution < -0.4 is 10.1 Å². The predicted molar refractivity (Wildman–Crippen MR) is 79.5 cm³/mol. The molecule has 0 radical (unpaired) electrons. The number of benzene rings is 2.